The number of benzene rings is 1. The van der Waals surface area contributed by atoms with Crippen LogP contribution in [0.5, 0.6) is 0 Å². The third-order valence-corrected chi connectivity index (χ3v) is 5.05. The largest absolute Gasteiger partial charge is 0.410 e. The Labute approximate surface area is 153 Å². The maximum absolute atomic E-state index is 12.5. The predicted octanol–water partition coefficient (Wildman–Crippen LogP) is 2.45. The molecule has 1 aromatic carbocycles. The van der Waals surface area contributed by atoms with Crippen LogP contribution in [0.3, 0.4) is 0 Å². The first-order valence-electron chi connectivity index (χ1n) is 8.48. The average molecular weight is 380 g/mol. The Kier molecular flexibility index (Phi) is 6.73. The van der Waals surface area contributed by atoms with Crippen molar-refractivity contribution >= 4 is 15.9 Å². The normalized spacial score (nSPS) is 12.8. The Morgan fingerprint density at radius 1 is 1.19 bits per heavy atom. The lowest BCUT2D eigenvalue weighted by Gasteiger charge is -2.18. The van der Waals surface area contributed by atoms with E-state index >= 15 is 0 Å². The van der Waals surface area contributed by atoms with Crippen molar-refractivity contribution in [3.63, 3.8) is 0 Å². The van der Waals surface area contributed by atoms with Crippen LogP contribution in [0, 0.1) is 5.92 Å². The fraction of sp³-hybridized carbons (Fsp3) is 0.471. The van der Waals surface area contributed by atoms with E-state index in [1.165, 1.54) is 0 Å². The molecule has 2 aromatic rings. The Hall–Kier alpha value is -2.42. The highest BCUT2D eigenvalue weighted by Gasteiger charge is 2.28. The Bertz CT molecular complexity index is 818. The van der Waals surface area contributed by atoms with Gasteiger partial charge in [0.2, 0.25) is 15.7 Å². The van der Waals surface area contributed by atoms with E-state index in [-0.39, 0.29) is 23.6 Å². The van der Waals surface area contributed by atoms with Crippen LogP contribution in [0.4, 0.5) is 4.79 Å². The Morgan fingerprint density at radius 2 is 1.88 bits per heavy atom. The summed E-state index contributed by atoms with van der Waals surface area (Å²) in [6.45, 7) is 6.22. The summed E-state index contributed by atoms with van der Waals surface area (Å²) in [5.41, 5.74) is 0.629. The zero-order valence-electron chi connectivity index (χ0n) is 15.1. The van der Waals surface area contributed by atoms with Gasteiger partial charge in [0.15, 0.2) is 0 Å². The van der Waals surface area contributed by atoms with E-state index in [2.05, 4.69) is 20.8 Å². The quantitative estimate of drug-likeness (QED) is 0.727. The van der Waals surface area contributed by atoms with E-state index in [1.54, 1.807) is 24.3 Å². The van der Waals surface area contributed by atoms with Gasteiger partial charge in [-0.05, 0) is 17.9 Å². The van der Waals surface area contributed by atoms with E-state index in [4.69, 9.17) is 4.42 Å². The summed E-state index contributed by atoms with van der Waals surface area (Å²) in [6, 6.07) is 7.81. The van der Waals surface area contributed by atoms with Crippen LogP contribution < -0.4 is 10.6 Å². The van der Waals surface area contributed by atoms with Crippen LogP contribution in [-0.4, -0.2) is 31.2 Å². The molecule has 0 aliphatic carbocycles. The van der Waals surface area contributed by atoms with Gasteiger partial charge in [-0.1, -0.05) is 56.2 Å². The first-order valence-corrected chi connectivity index (χ1v) is 10.1. The van der Waals surface area contributed by atoms with Crippen LogP contribution >= 0.6 is 0 Å². The molecule has 2 amide bonds. The molecule has 9 heteroatoms. The van der Waals surface area contributed by atoms with Crippen molar-refractivity contribution in [3.05, 3.63) is 41.8 Å². The molecule has 2 rings (SSSR count). The van der Waals surface area contributed by atoms with E-state index < -0.39 is 21.1 Å². The first kappa shape index (κ1) is 19.9. The maximum Gasteiger partial charge on any atom is 0.335 e. The van der Waals surface area contributed by atoms with Crippen molar-refractivity contribution in [3.8, 4) is 0 Å². The minimum atomic E-state index is -3.76. The molecule has 0 aliphatic rings. The molecule has 0 fully saturated rings. The molecule has 142 valence electrons. The number of hydrogen-bond acceptors (Lipinski definition) is 6. The van der Waals surface area contributed by atoms with Gasteiger partial charge in [-0.25, -0.2) is 13.2 Å². The highest BCUT2D eigenvalue weighted by atomic mass is 32.2. The summed E-state index contributed by atoms with van der Waals surface area (Å²) in [4.78, 5) is 11.9. The van der Waals surface area contributed by atoms with E-state index in [1.807, 2.05) is 26.8 Å². The van der Waals surface area contributed by atoms with Crippen molar-refractivity contribution in [1.29, 1.82) is 0 Å². The molecular weight excluding hydrogens is 356 g/mol. The molecule has 8 nitrogen and oxygen atoms in total. The summed E-state index contributed by atoms with van der Waals surface area (Å²) in [7, 11) is -3.76. The molecule has 1 aromatic heterocycles. The number of nitrogens with zero attached hydrogens (tertiary/aromatic N) is 2. The van der Waals surface area contributed by atoms with Gasteiger partial charge in [-0.2, -0.15) is 0 Å². The lowest BCUT2D eigenvalue weighted by molar-refractivity contribution is 0.226. The average Bonchev–Trinajstić information content (AvgIpc) is 3.08. The smallest absolute Gasteiger partial charge is 0.335 e. The SMILES string of the molecule is CCCNC(=O)N[C@H](c1nnc(S(=O)(=O)Cc2ccccc2)o1)C(C)C. The van der Waals surface area contributed by atoms with Gasteiger partial charge in [-0.15, -0.1) is 5.10 Å². The second-order valence-corrected chi connectivity index (χ2v) is 8.14. The first-order chi connectivity index (χ1) is 12.3. The molecule has 1 heterocycles. The maximum atomic E-state index is 12.5. The summed E-state index contributed by atoms with van der Waals surface area (Å²) >= 11 is 0. The second-order valence-electron chi connectivity index (χ2n) is 6.27. The van der Waals surface area contributed by atoms with Gasteiger partial charge in [0.25, 0.3) is 0 Å². The number of carbonyl (C=O) groups excluding carboxylic acids is 1. The van der Waals surface area contributed by atoms with Gasteiger partial charge in [-0.3, -0.25) is 0 Å². The second kappa shape index (κ2) is 8.79. The van der Waals surface area contributed by atoms with E-state index in [0.29, 0.717) is 12.1 Å². The number of sulfone groups is 1. The Balaban J connectivity index is 2.16. The number of amides is 2. The molecule has 0 saturated carbocycles. The zero-order chi connectivity index (χ0) is 19.2. The molecular formula is C17H24N4O4S. The number of aromatic nitrogens is 2. The van der Waals surface area contributed by atoms with Crippen LogP contribution in [0.15, 0.2) is 40.0 Å². The topological polar surface area (TPSA) is 114 Å². The predicted molar refractivity (Wildman–Crippen MR) is 96.0 cm³/mol. The van der Waals surface area contributed by atoms with Crippen molar-refractivity contribution in [2.45, 2.75) is 44.2 Å². The van der Waals surface area contributed by atoms with E-state index in [9.17, 15) is 13.2 Å². The minimum absolute atomic E-state index is 0.0625. The lowest BCUT2D eigenvalue weighted by Crippen LogP contribution is -2.40. The summed E-state index contributed by atoms with van der Waals surface area (Å²) < 4.78 is 30.3. The zero-order valence-corrected chi connectivity index (χ0v) is 15.9. The molecule has 0 saturated heterocycles. The van der Waals surface area contributed by atoms with Crippen LogP contribution in [0.1, 0.15) is 44.7 Å². The molecule has 0 aliphatic heterocycles. The van der Waals surface area contributed by atoms with Gasteiger partial charge < -0.3 is 15.1 Å². The molecule has 0 spiro atoms. The number of nitrogens with one attached hydrogen (secondary N) is 2. The Morgan fingerprint density at radius 3 is 2.50 bits per heavy atom. The van der Waals surface area contributed by atoms with Crippen molar-refractivity contribution in [2.24, 2.45) is 5.92 Å². The highest BCUT2D eigenvalue weighted by molar-refractivity contribution is 7.90. The fourth-order valence-electron chi connectivity index (χ4n) is 2.27. The number of urea groups is 1. The van der Waals surface area contributed by atoms with Gasteiger partial charge in [0.1, 0.15) is 6.04 Å². The fourth-order valence-corrected chi connectivity index (χ4v) is 3.40. The molecule has 1 atom stereocenters. The standard InChI is InChI=1S/C17H24N4O4S/c1-4-10-18-16(22)19-14(12(2)3)15-20-21-17(25-15)26(23,24)11-13-8-6-5-7-9-13/h5-9,12,14H,4,10-11H2,1-3H3,(H2,18,19,22)/t14-/m0/s1. The van der Waals surface area contributed by atoms with Crippen molar-refractivity contribution < 1.29 is 17.6 Å². The van der Waals surface area contributed by atoms with Crippen LogP contribution in [0.25, 0.3) is 0 Å². The third-order valence-electron chi connectivity index (χ3n) is 3.64. The molecule has 0 unspecified atom stereocenters. The number of rotatable bonds is 8. The van der Waals surface area contributed by atoms with Crippen LogP contribution in [-0.2, 0) is 15.6 Å². The van der Waals surface area contributed by atoms with Gasteiger partial charge in [0, 0.05) is 6.54 Å². The minimum Gasteiger partial charge on any atom is -0.410 e. The highest BCUT2D eigenvalue weighted by Crippen LogP contribution is 2.23. The lowest BCUT2D eigenvalue weighted by atomic mass is 10.1. The van der Waals surface area contributed by atoms with Gasteiger partial charge in [0.05, 0.1) is 5.75 Å². The molecule has 0 bridgehead atoms. The number of carbonyl (C=O) groups is 1. The molecule has 0 radical (unpaired) electrons. The summed E-state index contributed by atoms with van der Waals surface area (Å²) in [5, 5.41) is 12.5. The summed E-state index contributed by atoms with van der Waals surface area (Å²) in [5.74, 6) is -0.225. The monoisotopic (exact) mass is 380 g/mol. The van der Waals surface area contributed by atoms with Gasteiger partial charge >= 0.3 is 11.3 Å². The van der Waals surface area contributed by atoms with Crippen molar-refractivity contribution in [2.75, 3.05) is 6.54 Å². The van der Waals surface area contributed by atoms with Crippen LogP contribution in [0.2, 0.25) is 0 Å². The summed E-state index contributed by atoms with van der Waals surface area (Å²) in [6.07, 6.45) is 0.808. The third kappa shape index (κ3) is 5.29. The number of hydrogen-bond donors (Lipinski definition) is 2. The van der Waals surface area contributed by atoms with E-state index in [0.717, 1.165) is 6.42 Å². The molecule has 2 N–H and O–H groups in total. The molecule has 26 heavy (non-hydrogen) atoms. The van der Waals surface area contributed by atoms with Crippen molar-refractivity contribution in [1.82, 2.24) is 20.8 Å².